The molecule has 136 valence electrons. The molecule has 0 heterocycles. The van der Waals surface area contributed by atoms with Crippen LogP contribution in [0.25, 0.3) is 0 Å². The molecule has 1 aliphatic rings. The molecule has 2 rings (SSSR count). The molecule has 0 saturated heterocycles. The fourth-order valence-corrected chi connectivity index (χ4v) is 2.89. The summed E-state index contributed by atoms with van der Waals surface area (Å²) >= 11 is 0. The van der Waals surface area contributed by atoms with Crippen molar-refractivity contribution in [2.75, 3.05) is 27.9 Å². The fourth-order valence-electron chi connectivity index (χ4n) is 2.89. The van der Waals surface area contributed by atoms with E-state index in [0.29, 0.717) is 24.5 Å². The Morgan fingerprint density at radius 1 is 1.08 bits per heavy atom. The van der Waals surface area contributed by atoms with Crippen molar-refractivity contribution in [1.82, 2.24) is 4.90 Å². The van der Waals surface area contributed by atoms with E-state index in [2.05, 4.69) is 6.08 Å². The van der Waals surface area contributed by atoms with Crippen molar-refractivity contribution in [2.24, 2.45) is 5.92 Å². The third-order valence-corrected chi connectivity index (χ3v) is 4.26. The third kappa shape index (κ3) is 5.24. The van der Waals surface area contributed by atoms with Crippen molar-refractivity contribution < 1.29 is 23.8 Å². The summed E-state index contributed by atoms with van der Waals surface area (Å²) in [5.41, 5.74) is 0.833. The Bertz CT molecular complexity index is 618. The number of benzene rings is 1. The monoisotopic (exact) mass is 347 g/mol. The number of hydrogen-bond acceptors (Lipinski definition) is 5. The van der Waals surface area contributed by atoms with E-state index in [1.165, 1.54) is 7.11 Å². The van der Waals surface area contributed by atoms with E-state index in [1.54, 1.807) is 25.2 Å². The highest BCUT2D eigenvalue weighted by atomic mass is 16.5. The van der Waals surface area contributed by atoms with Crippen LogP contribution in [0.15, 0.2) is 30.4 Å². The number of carbonyl (C=O) groups excluding carboxylic acids is 2. The number of allylic oxidation sites excluding steroid dienone is 2. The van der Waals surface area contributed by atoms with Crippen LogP contribution in [0.5, 0.6) is 11.5 Å². The molecule has 0 saturated carbocycles. The standard InChI is InChI=1S/C19H25NO5/c1-23-16-9-14(10-17(11-16)24-2)12-20(13-18(21)25-3)19(22)15-7-5-4-6-8-15/h4-5,9-11,15H,6-8,12-13H2,1-3H3/t15-/m0/s1. The van der Waals surface area contributed by atoms with Crippen molar-refractivity contribution in [3.63, 3.8) is 0 Å². The molecule has 25 heavy (non-hydrogen) atoms. The van der Waals surface area contributed by atoms with Gasteiger partial charge in [0.2, 0.25) is 5.91 Å². The first-order valence-electron chi connectivity index (χ1n) is 8.30. The molecule has 0 N–H and O–H groups in total. The first kappa shape index (κ1) is 18.8. The molecule has 0 fully saturated rings. The van der Waals surface area contributed by atoms with Crippen molar-refractivity contribution in [3.05, 3.63) is 35.9 Å². The Kier molecular flexibility index (Phi) is 6.86. The molecule has 0 unspecified atom stereocenters. The lowest BCUT2D eigenvalue weighted by Crippen LogP contribution is -2.39. The smallest absolute Gasteiger partial charge is 0.325 e. The molecule has 1 atom stereocenters. The minimum Gasteiger partial charge on any atom is -0.497 e. The Hall–Kier alpha value is -2.50. The quantitative estimate of drug-likeness (QED) is 0.560. The van der Waals surface area contributed by atoms with Gasteiger partial charge in [-0.05, 0) is 37.0 Å². The van der Waals surface area contributed by atoms with Gasteiger partial charge in [0.05, 0.1) is 21.3 Å². The van der Waals surface area contributed by atoms with Gasteiger partial charge in [-0.15, -0.1) is 0 Å². The summed E-state index contributed by atoms with van der Waals surface area (Å²) in [5.74, 6) is 0.717. The van der Waals surface area contributed by atoms with Crippen LogP contribution >= 0.6 is 0 Å². The van der Waals surface area contributed by atoms with Crippen LogP contribution in [0.3, 0.4) is 0 Å². The zero-order valence-electron chi connectivity index (χ0n) is 15.0. The van der Waals surface area contributed by atoms with Gasteiger partial charge < -0.3 is 19.1 Å². The van der Waals surface area contributed by atoms with Gasteiger partial charge in [0.25, 0.3) is 0 Å². The summed E-state index contributed by atoms with van der Waals surface area (Å²) in [6.45, 7) is 0.219. The predicted molar refractivity (Wildman–Crippen MR) is 93.5 cm³/mol. The summed E-state index contributed by atoms with van der Waals surface area (Å²) < 4.78 is 15.3. The second-order valence-corrected chi connectivity index (χ2v) is 5.97. The highest BCUT2D eigenvalue weighted by Crippen LogP contribution is 2.25. The zero-order valence-corrected chi connectivity index (χ0v) is 15.0. The second-order valence-electron chi connectivity index (χ2n) is 5.97. The molecular formula is C19H25NO5. The number of nitrogens with zero attached hydrogens (tertiary/aromatic N) is 1. The van der Waals surface area contributed by atoms with E-state index >= 15 is 0 Å². The van der Waals surface area contributed by atoms with Crippen LogP contribution in [0.1, 0.15) is 24.8 Å². The highest BCUT2D eigenvalue weighted by molar-refractivity contribution is 5.84. The topological polar surface area (TPSA) is 65.1 Å². The Morgan fingerprint density at radius 3 is 2.28 bits per heavy atom. The van der Waals surface area contributed by atoms with Gasteiger partial charge in [0.1, 0.15) is 18.0 Å². The van der Waals surface area contributed by atoms with Gasteiger partial charge in [0.15, 0.2) is 0 Å². The van der Waals surface area contributed by atoms with Gasteiger partial charge in [-0.2, -0.15) is 0 Å². The SMILES string of the molecule is COC(=O)CN(Cc1cc(OC)cc(OC)c1)C(=O)[C@H]1CC=CCC1. The summed E-state index contributed by atoms with van der Waals surface area (Å²) in [6.07, 6.45) is 6.50. The predicted octanol–water partition coefficient (Wildman–Crippen LogP) is 2.56. The zero-order chi connectivity index (χ0) is 18.2. The molecule has 1 aliphatic carbocycles. The van der Waals surface area contributed by atoms with E-state index in [1.807, 2.05) is 18.2 Å². The van der Waals surface area contributed by atoms with Crippen LogP contribution < -0.4 is 9.47 Å². The van der Waals surface area contributed by atoms with Crippen molar-refractivity contribution >= 4 is 11.9 Å². The molecule has 1 amide bonds. The van der Waals surface area contributed by atoms with E-state index < -0.39 is 5.97 Å². The maximum atomic E-state index is 12.9. The van der Waals surface area contributed by atoms with E-state index in [-0.39, 0.29) is 18.4 Å². The first-order valence-corrected chi connectivity index (χ1v) is 8.30. The number of hydrogen-bond donors (Lipinski definition) is 0. The summed E-state index contributed by atoms with van der Waals surface area (Å²) in [5, 5.41) is 0. The molecule has 6 nitrogen and oxygen atoms in total. The van der Waals surface area contributed by atoms with E-state index in [0.717, 1.165) is 18.4 Å². The summed E-state index contributed by atoms with van der Waals surface area (Å²) in [4.78, 5) is 26.2. The fraction of sp³-hybridized carbons (Fsp3) is 0.474. The molecular weight excluding hydrogens is 322 g/mol. The van der Waals surface area contributed by atoms with Crippen LogP contribution in [-0.2, 0) is 20.9 Å². The number of methoxy groups -OCH3 is 3. The minimum absolute atomic E-state index is 0.0310. The van der Waals surface area contributed by atoms with Gasteiger partial charge in [-0.1, -0.05) is 12.2 Å². The van der Waals surface area contributed by atoms with Crippen molar-refractivity contribution in [1.29, 1.82) is 0 Å². The Morgan fingerprint density at radius 2 is 1.76 bits per heavy atom. The molecule has 0 aromatic heterocycles. The van der Waals surface area contributed by atoms with Crippen LogP contribution in [-0.4, -0.2) is 44.7 Å². The van der Waals surface area contributed by atoms with E-state index in [4.69, 9.17) is 14.2 Å². The van der Waals surface area contributed by atoms with Crippen molar-refractivity contribution in [3.8, 4) is 11.5 Å². The highest BCUT2D eigenvalue weighted by Gasteiger charge is 2.26. The maximum absolute atomic E-state index is 12.9. The number of rotatable bonds is 7. The summed E-state index contributed by atoms with van der Waals surface area (Å²) in [6, 6.07) is 5.43. The van der Waals surface area contributed by atoms with Gasteiger partial charge in [-0.3, -0.25) is 9.59 Å². The molecule has 1 aromatic carbocycles. The first-order chi connectivity index (χ1) is 12.1. The Labute approximate surface area is 148 Å². The molecule has 0 bridgehead atoms. The van der Waals surface area contributed by atoms with Gasteiger partial charge >= 0.3 is 5.97 Å². The number of ether oxygens (including phenoxy) is 3. The number of carbonyl (C=O) groups is 2. The second kappa shape index (κ2) is 9.11. The largest absolute Gasteiger partial charge is 0.497 e. The molecule has 6 heteroatoms. The minimum atomic E-state index is -0.436. The average molecular weight is 347 g/mol. The van der Waals surface area contributed by atoms with E-state index in [9.17, 15) is 9.59 Å². The lowest BCUT2D eigenvalue weighted by Gasteiger charge is -2.27. The molecule has 0 aliphatic heterocycles. The lowest BCUT2D eigenvalue weighted by molar-refractivity contribution is -0.149. The van der Waals surface area contributed by atoms with Crippen LogP contribution in [0.4, 0.5) is 0 Å². The summed E-state index contributed by atoms with van der Waals surface area (Å²) in [7, 11) is 4.47. The normalized spacial score (nSPS) is 16.2. The molecule has 0 spiro atoms. The number of esters is 1. The van der Waals surface area contributed by atoms with Crippen LogP contribution in [0, 0.1) is 5.92 Å². The Balaban J connectivity index is 2.21. The molecule has 0 radical (unpaired) electrons. The lowest BCUT2D eigenvalue weighted by atomic mass is 9.93. The number of amides is 1. The average Bonchev–Trinajstić information content (AvgIpc) is 2.66. The third-order valence-electron chi connectivity index (χ3n) is 4.26. The maximum Gasteiger partial charge on any atom is 0.325 e. The van der Waals surface area contributed by atoms with Crippen LogP contribution in [0.2, 0.25) is 0 Å². The van der Waals surface area contributed by atoms with Crippen molar-refractivity contribution in [2.45, 2.75) is 25.8 Å². The van der Waals surface area contributed by atoms with Gasteiger partial charge in [0, 0.05) is 18.5 Å². The van der Waals surface area contributed by atoms with Gasteiger partial charge in [-0.25, -0.2) is 0 Å². The molecule has 1 aromatic rings.